The molecule has 0 heterocycles. The van der Waals surface area contributed by atoms with Crippen LogP contribution < -0.4 is 10.6 Å². The highest BCUT2D eigenvalue weighted by Gasteiger charge is 2.12. The molecule has 0 aromatic heterocycles. The Balaban J connectivity index is 3.32. The molecule has 0 aromatic rings. The highest BCUT2D eigenvalue weighted by atomic mass is 16.5. The van der Waals surface area contributed by atoms with Crippen LogP contribution in [0, 0.1) is 0 Å². The molecule has 0 fully saturated rings. The smallest absolute Gasteiger partial charge is 0.246 e. The monoisotopic (exact) mass is 216 g/mol. The lowest BCUT2D eigenvalue weighted by Crippen LogP contribution is -2.42. The maximum absolute atomic E-state index is 11.3. The van der Waals surface area contributed by atoms with Crippen LogP contribution in [0.2, 0.25) is 0 Å². The minimum atomic E-state index is -0.180. The van der Waals surface area contributed by atoms with E-state index in [2.05, 4.69) is 17.6 Å². The van der Waals surface area contributed by atoms with E-state index < -0.39 is 0 Å². The summed E-state index contributed by atoms with van der Waals surface area (Å²) in [6.45, 7) is 10.5. The molecule has 0 spiro atoms. The van der Waals surface area contributed by atoms with Gasteiger partial charge in [0.25, 0.3) is 0 Å². The molecule has 90 valence electrons. The van der Waals surface area contributed by atoms with Crippen molar-refractivity contribution in [1.82, 2.24) is 10.6 Å². The van der Waals surface area contributed by atoms with Gasteiger partial charge in [0.1, 0.15) is 6.61 Å². The molecule has 0 aliphatic carbocycles. The normalized spacial score (nSPS) is 11.5. The Hall–Kier alpha value is -0.610. The van der Waals surface area contributed by atoms with E-state index in [1.807, 2.05) is 20.8 Å². The van der Waals surface area contributed by atoms with Crippen LogP contribution in [0.15, 0.2) is 0 Å². The molecule has 0 radical (unpaired) electrons. The van der Waals surface area contributed by atoms with Crippen molar-refractivity contribution >= 4 is 5.91 Å². The van der Waals surface area contributed by atoms with Gasteiger partial charge in [-0.3, -0.25) is 4.79 Å². The van der Waals surface area contributed by atoms with Gasteiger partial charge in [-0.2, -0.15) is 0 Å². The van der Waals surface area contributed by atoms with Gasteiger partial charge in [-0.05, 0) is 33.7 Å². The van der Waals surface area contributed by atoms with E-state index in [1.165, 1.54) is 0 Å². The van der Waals surface area contributed by atoms with Crippen molar-refractivity contribution in [3.8, 4) is 0 Å². The minimum absolute atomic E-state index is 0.0574. The van der Waals surface area contributed by atoms with E-state index in [9.17, 15) is 4.79 Å². The lowest BCUT2D eigenvalue weighted by atomic mass is 10.1. The van der Waals surface area contributed by atoms with Crippen molar-refractivity contribution < 1.29 is 9.53 Å². The molecule has 0 saturated carbocycles. The number of carbonyl (C=O) groups excluding carboxylic acids is 1. The molecule has 1 amide bonds. The van der Waals surface area contributed by atoms with E-state index in [0.29, 0.717) is 6.61 Å². The first-order valence-electron chi connectivity index (χ1n) is 5.55. The molecule has 0 aliphatic rings. The summed E-state index contributed by atoms with van der Waals surface area (Å²) < 4.78 is 5.21. The van der Waals surface area contributed by atoms with Crippen molar-refractivity contribution in [3.63, 3.8) is 0 Å². The van der Waals surface area contributed by atoms with Gasteiger partial charge in [-0.1, -0.05) is 6.92 Å². The van der Waals surface area contributed by atoms with Gasteiger partial charge in [-0.25, -0.2) is 0 Å². The third-order valence-corrected chi connectivity index (χ3v) is 1.60. The van der Waals surface area contributed by atoms with Crippen LogP contribution in [0.1, 0.15) is 34.1 Å². The quantitative estimate of drug-likeness (QED) is 0.622. The number of hydrogen-bond acceptors (Lipinski definition) is 3. The van der Waals surface area contributed by atoms with Crippen LogP contribution in [0.5, 0.6) is 0 Å². The van der Waals surface area contributed by atoms with E-state index in [1.54, 1.807) is 0 Å². The maximum Gasteiger partial charge on any atom is 0.246 e. The Labute approximate surface area is 92.8 Å². The zero-order valence-corrected chi connectivity index (χ0v) is 10.4. The summed E-state index contributed by atoms with van der Waals surface area (Å²) >= 11 is 0. The predicted molar refractivity (Wildman–Crippen MR) is 61.9 cm³/mol. The van der Waals surface area contributed by atoms with Crippen molar-refractivity contribution in [1.29, 1.82) is 0 Å². The summed E-state index contributed by atoms with van der Waals surface area (Å²) in [6, 6.07) is 0. The first-order chi connectivity index (χ1) is 6.95. The minimum Gasteiger partial charge on any atom is -0.370 e. The number of carbonyl (C=O) groups is 1. The van der Waals surface area contributed by atoms with E-state index in [4.69, 9.17) is 4.74 Å². The third-order valence-electron chi connectivity index (χ3n) is 1.60. The second-order valence-electron chi connectivity index (χ2n) is 4.60. The van der Waals surface area contributed by atoms with Crippen LogP contribution in [0.3, 0.4) is 0 Å². The fourth-order valence-corrected chi connectivity index (χ4v) is 1.07. The number of amides is 1. The fourth-order valence-electron chi connectivity index (χ4n) is 1.07. The molecule has 4 heteroatoms. The zero-order valence-electron chi connectivity index (χ0n) is 10.4. The summed E-state index contributed by atoms with van der Waals surface area (Å²) in [4.78, 5) is 11.3. The summed E-state index contributed by atoms with van der Waals surface area (Å²) in [5.74, 6) is -0.0574. The molecule has 0 rings (SSSR count). The first-order valence-corrected chi connectivity index (χ1v) is 5.55. The van der Waals surface area contributed by atoms with Gasteiger partial charge < -0.3 is 15.4 Å². The molecule has 0 saturated heterocycles. The molecule has 0 aromatic carbocycles. The molecule has 15 heavy (non-hydrogen) atoms. The number of nitrogens with one attached hydrogen (secondary N) is 2. The van der Waals surface area contributed by atoms with Gasteiger partial charge in [0.05, 0.1) is 6.61 Å². The van der Waals surface area contributed by atoms with Crippen LogP contribution in [0.25, 0.3) is 0 Å². The molecule has 2 N–H and O–H groups in total. The molecule has 0 unspecified atom stereocenters. The molecule has 0 atom stereocenters. The average molecular weight is 216 g/mol. The van der Waals surface area contributed by atoms with Gasteiger partial charge in [0.15, 0.2) is 0 Å². The summed E-state index contributed by atoms with van der Waals surface area (Å²) in [7, 11) is 0. The summed E-state index contributed by atoms with van der Waals surface area (Å²) in [5, 5.41) is 6.04. The van der Waals surface area contributed by atoms with Gasteiger partial charge >= 0.3 is 0 Å². The average Bonchev–Trinajstić information content (AvgIpc) is 2.08. The standard InChI is InChI=1S/C11H24N2O2/c1-5-6-12-7-8-15-9-10(14)13-11(2,3)4/h12H,5-9H2,1-4H3,(H,13,14). The van der Waals surface area contributed by atoms with Crippen LogP contribution in [0.4, 0.5) is 0 Å². The lowest BCUT2D eigenvalue weighted by Gasteiger charge is -2.20. The Morgan fingerprint density at radius 3 is 2.47 bits per heavy atom. The first kappa shape index (κ1) is 14.4. The number of rotatable bonds is 7. The number of hydrogen-bond donors (Lipinski definition) is 2. The molecule has 4 nitrogen and oxygen atoms in total. The summed E-state index contributed by atoms with van der Waals surface area (Å²) in [6.07, 6.45) is 1.12. The summed E-state index contributed by atoms with van der Waals surface area (Å²) in [5.41, 5.74) is -0.180. The highest BCUT2D eigenvalue weighted by molar-refractivity contribution is 5.77. The fraction of sp³-hybridized carbons (Fsp3) is 0.909. The SMILES string of the molecule is CCCNCCOCC(=O)NC(C)(C)C. The molecular formula is C11H24N2O2. The third kappa shape index (κ3) is 11.3. The Morgan fingerprint density at radius 1 is 1.27 bits per heavy atom. The lowest BCUT2D eigenvalue weighted by molar-refractivity contribution is -0.127. The van der Waals surface area contributed by atoms with Crippen LogP contribution in [-0.4, -0.2) is 37.7 Å². The Kier molecular flexibility index (Phi) is 7.34. The van der Waals surface area contributed by atoms with Crippen molar-refractivity contribution in [2.45, 2.75) is 39.7 Å². The largest absolute Gasteiger partial charge is 0.370 e. The zero-order chi connectivity index (χ0) is 11.7. The van der Waals surface area contributed by atoms with Gasteiger partial charge in [-0.15, -0.1) is 0 Å². The highest BCUT2D eigenvalue weighted by Crippen LogP contribution is 1.97. The van der Waals surface area contributed by atoms with Crippen molar-refractivity contribution in [2.24, 2.45) is 0 Å². The Morgan fingerprint density at radius 2 is 1.93 bits per heavy atom. The predicted octanol–water partition coefficient (Wildman–Crippen LogP) is 0.917. The van der Waals surface area contributed by atoms with E-state index in [-0.39, 0.29) is 18.1 Å². The topological polar surface area (TPSA) is 50.4 Å². The van der Waals surface area contributed by atoms with Crippen molar-refractivity contribution in [3.05, 3.63) is 0 Å². The maximum atomic E-state index is 11.3. The van der Waals surface area contributed by atoms with Gasteiger partial charge in [0, 0.05) is 12.1 Å². The van der Waals surface area contributed by atoms with Crippen LogP contribution >= 0.6 is 0 Å². The second kappa shape index (κ2) is 7.65. The van der Waals surface area contributed by atoms with E-state index in [0.717, 1.165) is 19.5 Å². The van der Waals surface area contributed by atoms with Crippen molar-refractivity contribution in [2.75, 3.05) is 26.3 Å². The van der Waals surface area contributed by atoms with Crippen LogP contribution in [-0.2, 0) is 9.53 Å². The molecular weight excluding hydrogens is 192 g/mol. The second-order valence-corrected chi connectivity index (χ2v) is 4.60. The number of ether oxygens (including phenoxy) is 1. The van der Waals surface area contributed by atoms with Gasteiger partial charge in [0.2, 0.25) is 5.91 Å². The molecule has 0 aliphatic heterocycles. The molecule has 0 bridgehead atoms. The Bertz CT molecular complexity index is 176. The van der Waals surface area contributed by atoms with E-state index >= 15 is 0 Å².